The standard InChI is InChI=1S/C16H16FN3O2/c1-11(21)19-15-4-2-3-12(9-15)10-18-16(22)20-14-7-5-13(17)6-8-14/h2-9H,10H2,1H3,(H,19,21)(H2,18,20,22). The zero-order valence-corrected chi connectivity index (χ0v) is 12.0. The third-order valence-corrected chi connectivity index (χ3v) is 2.80. The van der Waals surface area contributed by atoms with Crippen LogP contribution in [0.15, 0.2) is 48.5 Å². The van der Waals surface area contributed by atoms with Gasteiger partial charge >= 0.3 is 6.03 Å². The average Bonchev–Trinajstić information content (AvgIpc) is 2.47. The first kappa shape index (κ1) is 15.5. The Kier molecular flexibility index (Phi) is 5.08. The van der Waals surface area contributed by atoms with Gasteiger partial charge in [-0.15, -0.1) is 0 Å². The number of urea groups is 1. The van der Waals surface area contributed by atoms with E-state index in [-0.39, 0.29) is 11.7 Å². The van der Waals surface area contributed by atoms with Crippen molar-refractivity contribution in [1.29, 1.82) is 0 Å². The van der Waals surface area contributed by atoms with E-state index >= 15 is 0 Å². The largest absolute Gasteiger partial charge is 0.334 e. The zero-order chi connectivity index (χ0) is 15.9. The van der Waals surface area contributed by atoms with Gasteiger partial charge in [-0.3, -0.25) is 4.79 Å². The van der Waals surface area contributed by atoms with Crippen molar-refractivity contribution in [3.05, 3.63) is 59.9 Å². The Morgan fingerprint density at radius 2 is 1.73 bits per heavy atom. The molecule has 6 heteroatoms. The minimum Gasteiger partial charge on any atom is -0.334 e. The topological polar surface area (TPSA) is 70.2 Å². The number of halogens is 1. The van der Waals surface area contributed by atoms with Gasteiger partial charge in [0.05, 0.1) is 0 Å². The van der Waals surface area contributed by atoms with Crippen molar-refractivity contribution < 1.29 is 14.0 Å². The van der Waals surface area contributed by atoms with Gasteiger partial charge in [0, 0.05) is 24.8 Å². The number of carbonyl (C=O) groups excluding carboxylic acids is 2. The van der Waals surface area contributed by atoms with E-state index in [9.17, 15) is 14.0 Å². The highest BCUT2D eigenvalue weighted by Crippen LogP contribution is 2.11. The van der Waals surface area contributed by atoms with Crippen LogP contribution in [0.25, 0.3) is 0 Å². The molecule has 2 rings (SSSR count). The summed E-state index contributed by atoms with van der Waals surface area (Å²) in [6, 6.07) is 12.3. The molecule has 0 saturated carbocycles. The lowest BCUT2D eigenvalue weighted by Gasteiger charge is -2.09. The Bertz CT molecular complexity index is 671. The highest BCUT2D eigenvalue weighted by molar-refractivity contribution is 5.89. The third-order valence-electron chi connectivity index (χ3n) is 2.80. The van der Waals surface area contributed by atoms with Crippen LogP contribution < -0.4 is 16.0 Å². The normalized spacial score (nSPS) is 9.91. The number of hydrogen-bond donors (Lipinski definition) is 3. The Morgan fingerprint density at radius 1 is 1.00 bits per heavy atom. The van der Waals surface area contributed by atoms with E-state index in [1.807, 2.05) is 6.07 Å². The summed E-state index contributed by atoms with van der Waals surface area (Å²) < 4.78 is 12.8. The molecule has 0 aliphatic carbocycles. The van der Waals surface area contributed by atoms with Crippen LogP contribution >= 0.6 is 0 Å². The van der Waals surface area contributed by atoms with Gasteiger partial charge in [-0.2, -0.15) is 0 Å². The molecule has 0 aromatic heterocycles. The molecular weight excluding hydrogens is 285 g/mol. The summed E-state index contributed by atoms with van der Waals surface area (Å²) in [4.78, 5) is 22.7. The van der Waals surface area contributed by atoms with Gasteiger partial charge in [-0.05, 0) is 42.0 Å². The Balaban J connectivity index is 1.88. The monoisotopic (exact) mass is 301 g/mol. The predicted molar refractivity (Wildman–Crippen MR) is 83.0 cm³/mol. The minimum atomic E-state index is -0.392. The van der Waals surface area contributed by atoms with E-state index in [4.69, 9.17) is 0 Å². The van der Waals surface area contributed by atoms with Crippen LogP contribution in [0.3, 0.4) is 0 Å². The number of hydrogen-bond acceptors (Lipinski definition) is 2. The molecule has 0 aliphatic rings. The molecule has 0 aliphatic heterocycles. The molecule has 2 aromatic rings. The van der Waals surface area contributed by atoms with E-state index in [2.05, 4.69) is 16.0 Å². The molecule has 0 heterocycles. The average molecular weight is 301 g/mol. The summed E-state index contributed by atoms with van der Waals surface area (Å²) in [5.41, 5.74) is 2.03. The second-order valence-electron chi connectivity index (χ2n) is 4.70. The second-order valence-corrected chi connectivity index (χ2v) is 4.70. The number of rotatable bonds is 4. The van der Waals surface area contributed by atoms with Crippen LogP contribution in [0.1, 0.15) is 12.5 Å². The van der Waals surface area contributed by atoms with Crippen LogP contribution in [0, 0.1) is 5.82 Å². The van der Waals surface area contributed by atoms with E-state index in [0.717, 1.165) is 5.56 Å². The van der Waals surface area contributed by atoms with Crippen molar-refractivity contribution in [3.8, 4) is 0 Å². The van der Waals surface area contributed by atoms with Crippen molar-refractivity contribution in [2.45, 2.75) is 13.5 Å². The van der Waals surface area contributed by atoms with Gasteiger partial charge < -0.3 is 16.0 Å². The van der Waals surface area contributed by atoms with Crippen LogP contribution in [0.5, 0.6) is 0 Å². The summed E-state index contributed by atoms with van der Waals surface area (Å²) in [7, 11) is 0. The molecular formula is C16H16FN3O2. The molecule has 0 unspecified atom stereocenters. The zero-order valence-electron chi connectivity index (χ0n) is 12.0. The lowest BCUT2D eigenvalue weighted by atomic mass is 10.2. The fraction of sp³-hybridized carbons (Fsp3) is 0.125. The maximum Gasteiger partial charge on any atom is 0.319 e. The summed E-state index contributed by atoms with van der Waals surface area (Å²) >= 11 is 0. The summed E-state index contributed by atoms with van der Waals surface area (Å²) in [5.74, 6) is -0.514. The maximum absolute atomic E-state index is 12.8. The fourth-order valence-corrected chi connectivity index (χ4v) is 1.85. The molecule has 0 fully saturated rings. The fourth-order valence-electron chi connectivity index (χ4n) is 1.85. The molecule has 22 heavy (non-hydrogen) atoms. The molecule has 3 N–H and O–H groups in total. The molecule has 114 valence electrons. The summed E-state index contributed by atoms with van der Waals surface area (Å²) in [5, 5.41) is 7.96. The van der Waals surface area contributed by atoms with Gasteiger partial charge in [0.2, 0.25) is 5.91 Å². The summed E-state index contributed by atoms with van der Waals surface area (Å²) in [6.07, 6.45) is 0. The van der Waals surface area contributed by atoms with Crippen molar-refractivity contribution in [1.82, 2.24) is 5.32 Å². The molecule has 0 bridgehead atoms. The smallest absolute Gasteiger partial charge is 0.319 e. The lowest BCUT2D eigenvalue weighted by molar-refractivity contribution is -0.114. The molecule has 0 atom stereocenters. The van der Waals surface area contributed by atoms with Crippen LogP contribution in [-0.4, -0.2) is 11.9 Å². The minimum absolute atomic E-state index is 0.154. The van der Waals surface area contributed by atoms with Gasteiger partial charge in [0.15, 0.2) is 0 Å². The van der Waals surface area contributed by atoms with Gasteiger partial charge in [-0.25, -0.2) is 9.18 Å². The highest BCUT2D eigenvalue weighted by atomic mass is 19.1. The van der Waals surface area contributed by atoms with Gasteiger partial charge in [-0.1, -0.05) is 12.1 Å². The lowest BCUT2D eigenvalue weighted by Crippen LogP contribution is -2.28. The molecule has 3 amide bonds. The first-order valence-corrected chi connectivity index (χ1v) is 6.70. The Hall–Kier alpha value is -2.89. The first-order chi connectivity index (χ1) is 10.5. The van der Waals surface area contributed by atoms with E-state index in [1.54, 1.807) is 18.2 Å². The number of nitrogens with one attached hydrogen (secondary N) is 3. The second kappa shape index (κ2) is 7.21. The predicted octanol–water partition coefficient (Wildman–Crippen LogP) is 3.11. The van der Waals surface area contributed by atoms with Crippen LogP contribution in [0.2, 0.25) is 0 Å². The third kappa shape index (κ3) is 4.90. The summed E-state index contributed by atoms with van der Waals surface area (Å²) in [6.45, 7) is 1.74. The van der Waals surface area contributed by atoms with Crippen LogP contribution in [0.4, 0.5) is 20.6 Å². The van der Waals surface area contributed by atoms with Gasteiger partial charge in [0.25, 0.3) is 0 Å². The van der Waals surface area contributed by atoms with Crippen molar-refractivity contribution in [3.63, 3.8) is 0 Å². The maximum atomic E-state index is 12.8. The Morgan fingerprint density at radius 3 is 2.41 bits per heavy atom. The van der Waals surface area contributed by atoms with E-state index < -0.39 is 6.03 Å². The number of benzene rings is 2. The quantitative estimate of drug-likeness (QED) is 0.812. The van der Waals surface area contributed by atoms with E-state index in [0.29, 0.717) is 17.9 Å². The van der Waals surface area contributed by atoms with Gasteiger partial charge in [0.1, 0.15) is 5.82 Å². The van der Waals surface area contributed by atoms with E-state index in [1.165, 1.54) is 31.2 Å². The highest BCUT2D eigenvalue weighted by Gasteiger charge is 2.03. The molecule has 5 nitrogen and oxygen atoms in total. The molecule has 0 spiro atoms. The Labute approximate surface area is 127 Å². The number of amides is 3. The molecule has 0 saturated heterocycles. The van der Waals surface area contributed by atoms with Crippen molar-refractivity contribution >= 4 is 23.3 Å². The van der Waals surface area contributed by atoms with Crippen molar-refractivity contribution in [2.24, 2.45) is 0 Å². The number of anilines is 2. The number of carbonyl (C=O) groups is 2. The molecule has 0 radical (unpaired) electrons. The van der Waals surface area contributed by atoms with Crippen LogP contribution in [-0.2, 0) is 11.3 Å². The SMILES string of the molecule is CC(=O)Nc1cccc(CNC(=O)Nc2ccc(F)cc2)c1. The van der Waals surface area contributed by atoms with Crippen molar-refractivity contribution in [2.75, 3.05) is 10.6 Å². The molecule has 2 aromatic carbocycles. The first-order valence-electron chi connectivity index (χ1n) is 6.70.